The van der Waals surface area contributed by atoms with Crippen molar-refractivity contribution in [2.75, 3.05) is 37.7 Å². The predicted octanol–water partition coefficient (Wildman–Crippen LogP) is 4.59. The van der Waals surface area contributed by atoms with Gasteiger partial charge in [0.2, 0.25) is 17.7 Å². The first-order valence-electron chi connectivity index (χ1n) is 16.2. The summed E-state index contributed by atoms with van der Waals surface area (Å²) < 4.78 is 12.5. The van der Waals surface area contributed by atoms with Crippen LogP contribution >= 0.6 is 0 Å². The van der Waals surface area contributed by atoms with Crippen LogP contribution in [0.1, 0.15) is 66.7 Å². The quantitative estimate of drug-likeness (QED) is 0.275. The minimum atomic E-state index is -1.17. The highest BCUT2D eigenvalue weighted by Gasteiger charge is 2.78. The highest BCUT2D eigenvalue weighted by atomic mass is 16.5. The van der Waals surface area contributed by atoms with Crippen molar-refractivity contribution in [3.63, 3.8) is 0 Å². The fourth-order valence-corrected chi connectivity index (χ4v) is 7.71. The molecule has 44 heavy (non-hydrogen) atoms. The number of aliphatic hydroxyl groups excluding tert-OH is 1. The molecular weight excluding hydrogens is 558 g/mol. The number of carbonyl (C=O) groups is 3. The summed E-state index contributed by atoms with van der Waals surface area (Å²) in [6.45, 7) is 19.1. The molecule has 9 nitrogen and oxygen atoms in total. The molecule has 2 unspecified atom stereocenters. The van der Waals surface area contributed by atoms with Gasteiger partial charge in [0.1, 0.15) is 17.4 Å². The Bertz CT molecular complexity index is 1220. The van der Waals surface area contributed by atoms with Gasteiger partial charge in [0, 0.05) is 25.3 Å². The lowest BCUT2D eigenvalue weighted by molar-refractivity contribution is -0.155. The standard InChI is InChI=1S/C35H51N3O6/c1-8-12-21-36(19-9-2)33(42)30-35-18-17-34(7,44-35)28(29(35)32(41)38(30)26(23-39)22-24(5)6)31(40)37(20-10-3)25-13-15-27(16-14-25)43-11-4/h9-10,13-16,24,26,28-30,39H,2-3,8,11-12,17-23H2,1,4-7H3/t26-,28+,29+,30?,34-,35?/m1/s1. The molecule has 1 aromatic rings. The molecule has 6 atom stereocenters. The number of aliphatic hydroxyl groups is 1. The Morgan fingerprint density at radius 3 is 2.39 bits per heavy atom. The van der Waals surface area contributed by atoms with Gasteiger partial charge in [0.25, 0.3) is 0 Å². The van der Waals surface area contributed by atoms with Gasteiger partial charge in [-0.25, -0.2) is 0 Å². The molecule has 0 aliphatic carbocycles. The number of hydrogen-bond donors (Lipinski definition) is 1. The summed E-state index contributed by atoms with van der Waals surface area (Å²) in [6.07, 6.45) is 6.63. The average Bonchev–Trinajstić information content (AvgIpc) is 3.57. The van der Waals surface area contributed by atoms with Gasteiger partial charge < -0.3 is 29.3 Å². The molecule has 3 saturated heterocycles. The van der Waals surface area contributed by atoms with Crippen LogP contribution in [-0.2, 0) is 19.1 Å². The van der Waals surface area contributed by atoms with Crippen molar-refractivity contribution in [1.29, 1.82) is 0 Å². The summed E-state index contributed by atoms with van der Waals surface area (Å²) in [4.78, 5) is 48.9. The number of benzene rings is 1. The molecular formula is C35H51N3O6. The van der Waals surface area contributed by atoms with Gasteiger partial charge in [0.05, 0.1) is 36.7 Å². The van der Waals surface area contributed by atoms with Gasteiger partial charge in [-0.05, 0) is 69.7 Å². The number of likely N-dealkylation sites (tertiary alicyclic amines) is 1. The maximum Gasteiger partial charge on any atom is 0.248 e. The van der Waals surface area contributed by atoms with Crippen LogP contribution < -0.4 is 9.64 Å². The van der Waals surface area contributed by atoms with Crippen molar-refractivity contribution >= 4 is 23.4 Å². The van der Waals surface area contributed by atoms with Crippen LogP contribution in [0.25, 0.3) is 0 Å². The lowest BCUT2D eigenvalue weighted by Gasteiger charge is -2.40. The lowest BCUT2D eigenvalue weighted by atomic mass is 9.66. The van der Waals surface area contributed by atoms with Crippen LogP contribution in [0.15, 0.2) is 49.6 Å². The summed E-state index contributed by atoms with van der Waals surface area (Å²) in [5.41, 5.74) is -1.43. The first-order valence-corrected chi connectivity index (χ1v) is 16.2. The largest absolute Gasteiger partial charge is 0.494 e. The third kappa shape index (κ3) is 5.93. The Balaban J connectivity index is 1.80. The van der Waals surface area contributed by atoms with Gasteiger partial charge in [0.15, 0.2) is 0 Å². The molecule has 242 valence electrons. The molecule has 1 aromatic carbocycles. The van der Waals surface area contributed by atoms with Crippen LogP contribution in [0.5, 0.6) is 5.75 Å². The van der Waals surface area contributed by atoms with E-state index in [1.54, 1.807) is 26.9 Å². The second-order valence-corrected chi connectivity index (χ2v) is 13.0. The fourth-order valence-electron chi connectivity index (χ4n) is 7.71. The van der Waals surface area contributed by atoms with E-state index >= 15 is 0 Å². The van der Waals surface area contributed by atoms with Crippen LogP contribution in [0.2, 0.25) is 0 Å². The van der Waals surface area contributed by atoms with Crippen molar-refractivity contribution < 1.29 is 29.0 Å². The molecule has 0 saturated carbocycles. The lowest BCUT2D eigenvalue weighted by Crippen LogP contribution is -2.59. The Labute approximate surface area is 262 Å². The van der Waals surface area contributed by atoms with E-state index in [9.17, 15) is 19.5 Å². The summed E-state index contributed by atoms with van der Waals surface area (Å²) in [5, 5.41) is 10.6. The number of unbranched alkanes of at least 4 members (excludes halogenated alkanes) is 1. The highest BCUT2D eigenvalue weighted by molar-refractivity contribution is 6.03. The number of carbonyl (C=O) groups excluding carboxylic acids is 3. The second kappa shape index (κ2) is 13.9. The van der Waals surface area contributed by atoms with Gasteiger partial charge in [-0.15, -0.1) is 13.2 Å². The van der Waals surface area contributed by atoms with E-state index in [2.05, 4.69) is 20.1 Å². The number of fused-ring (bicyclic) bond motifs is 1. The van der Waals surface area contributed by atoms with Crippen molar-refractivity contribution in [2.24, 2.45) is 17.8 Å². The number of hydrogen-bond acceptors (Lipinski definition) is 6. The van der Waals surface area contributed by atoms with Crippen LogP contribution in [0, 0.1) is 17.8 Å². The molecule has 3 amide bonds. The van der Waals surface area contributed by atoms with Gasteiger partial charge in [-0.3, -0.25) is 14.4 Å². The highest BCUT2D eigenvalue weighted by Crippen LogP contribution is 2.64. The molecule has 9 heteroatoms. The first kappa shape index (κ1) is 33.7. The van der Waals surface area contributed by atoms with Gasteiger partial charge >= 0.3 is 0 Å². The smallest absolute Gasteiger partial charge is 0.248 e. The van der Waals surface area contributed by atoms with E-state index in [1.165, 1.54) is 0 Å². The normalized spacial score (nSPS) is 27.8. The number of rotatable bonds is 16. The van der Waals surface area contributed by atoms with E-state index in [1.807, 2.05) is 52.0 Å². The topological polar surface area (TPSA) is 99.6 Å². The van der Waals surface area contributed by atoms with E-state index in [0.29, 0.717) is 50.4 Å². The zero-order valence-electron chi connectivity index (χ0n) is 27.2. The zero-order valence-corrected chi connectivity index (χ0v) is 27.2. The molecule has 3 aliphatic heterocycles. The second-order valence-electron chi connectivity index (χ2n) is 13.0. The number of ether oxygens (including phenoxy) is 2. The molecule has 2 bridgehead atoms. The molecule has 3 heterocycles. The van der Waals surface area contributed by atoms with Gasteiger partial charge in [-0.1, -0.05) is 39.3 Å². The monoisotopic (exact) mass is 609 g/mol. The molecule has 1 spiro atoms. The van der Waals surface area contributed by atoms with E-state index in [0.717, 1.165) is 12.8 Å². The van der Waals surface area contributed by atoms with E-state index < -0.39 is 35.1 Å². The number of anilines is 1. The minimum Gasteiger partial charge on any atom is -0.494 e. The minimum absolute atomic E-state index is 0.174. The molecule has 1 N–H and O–H groups in total. The third-order valence-electron chi connectivity index (χ3n) is 9.54. The first-order chi connectivity index (χ1) is 21.0. The Morgan fingerprint density at radius 2 is 1.82 bits per heavy atom. The Hall–Kier alpha value is -3.17. The average molecular weight is 610 g/mol. The molecule has 4 rings (SSSR count). The van der Waals surface area contributed by atoms with Crippen LogP contribution in [0.4, 0.5) is 5.69 Å². The van der Waals surface area contributed by atoms with Crippen molar-refractivity contribution in [1.82, 2.24) is 9.80 Å². The Morgan fingerprint density at radius 1 is 1.14 bits per heavy atom. The maximum atomic E-state index is 14.7. The SMILES string of the molecule is C=CCN(CCCC)C(=O)C1N([C@@H](CO)CC(C)C)C(=O)[C@@H]2[C@@H](C(=O)N(CC=C)c3ccc(OCC)cc3)[C@@]3(C)CCC12O3. The predicted molar refractivity (Wildman–Crippen MR) is 171 cm³/mol. The van der Waals surface area contributed by atoms with Crippen molar-refractivity contribution in [2.45, 2.75) is 90.0 Å². The molecule has 0 aromatic heterocycles. The molecule has 3 fully saturated rings. The Kier molecular flexibility index (Phi) is 10.6. The maximum absolute atomic E-state index is 14.7. The van der Waals surface area contributed by atoms with E-state index in [-0.39, 0.29) is 36.8 Å². The van der Waals surface area contributed by atoms with E-state index in [4.69, 9.17) is 9.47 Å². The summed E-state index contributed by atoms with van der Waals surface area (Å²) in [7, 11) is 0. The van der Waals surface area contributed by atoms with Crippen molar-refractivity contribution in [3.05, 3.63) is 49.6 Å². The number of amides is 3. The van der Waals surface area contributed by atoms with Crippen LogP contribution in [-0.4, -0.2) is 88.8 Å². The van der Waals surface area contributed by atoms with Crippen LogP contribution in [0.3, 0.4) is 0 Å². The van der Waals surface area contributed by atoms with Gasteiger partial charge in [-0.2, -0.15) is 0 Å². The number of nitrogens with zero attached hydrogens (tertiary/aromatic N) is 3. The summed E-state index contributed by atoms with van der Waals surface area (Å²) >= 11 is 0. The zero-order chi connectivity index (χ0) is 32.2. The molecule has 3 aliphatic rings. The third-order valence-corrected chi connectivity index (χ3v) is 9.54. The summed E-state index contributed by atoms with van der Waals surface area (Å²) in [6, 6.07) is 5.79. The van der Waals surface area contributed by atoms with Crippen molar-refractivity contribution in [3.8, 4) is 5.75 Å². The fraction of sp³-hybridized carbons (Fsp3) is 0.629. The molecule has 0 radical (unpaired) electrons. The summed E-state index contributed by atoms with van der Waals surface area (Å²) in [5.74, 6) is -1.51.